The molecule has 22 heavy (non-hydrogen) atoms. The van der Waals surface area contributed by atoms with Crippen molar-refractivity contribution in [1.29, 1.82) is 0 Å². The predicted molar refractivity (Wildman–Crippen MR) is 90.2 cm³/mol. The summed E-state index contributed by atoms with van der Waals surface area (Å²) in [6, 6.07) is -0.512. The molecule has 5 heteroatoms. The van der Waals surface area contributed by atoms with Gasteiger partial charge < -0.3 is 10.0 Å². The fraction of sp³-hybridized carbons (Fsp3) is 0.882. The van der Waals surface area contributed by atoms with Gasteiger partial charge in [-0.2, -0.15) is 12.6 Å². The highest BCUT2D eigenvalue weighted by Crippen LogP contribution is 2.32. The van der Waals surface area contributed by atoms with Gasteiger partial charge in [0.05, 0.1) is 0 Å². The Kier molecular flexibility index (Phi) is 7.06. The van der Waals surface area contributed by atoms with Gasteiger partial charge in [-0.3, -0.25) is 4.79 Å². The third-order valence-electron chi connectivity index (χ3n) is 5.28. The van der Waals surface area contributed by atoms with E-state index in [4.69, 9.17) is 0 Å². The summed E-state index contributed by atoms with van der Waals surface area (Å²) in [5.41, 5.74) is 0. The number of carboxylic acid groups (broad SMARTS) is 1. The highest BCUT2D eigenvalue weighted by atomic mass is 32.1. The molecule has 2 aliphatic rings. The van der Waals surface area contributed by atoms with Crippen LogP contribution in [0, 0.1) is 5.92 Å². The molecule has 1 saturated carbocycles. The third kappa shape index (κ3) is 4.64. The quantitative estimate of drug-likeness (QED) is 0.734. The fourth-order valence-corrected chi connectivity index (χ4v) is 4.30. The summed E-state index contributed by atoms with van der Waals surface area (Å²) in [5, 5.41) is 9.45. The van der Waals surface area contributed by atoms with Gasteiger partial charge in [-0.05, 0) is 43.8 Å². The highest BCUT2D eigenvalue weighted by Gasteiger charge is 2.37. The molecule has 0 aromatic heterocycles. The van der Waals surface area contributed by atoms with Gasteiger partial charge in [0.2, 0.25) is 5.91 Å². The van der Waals surface area contributed by atoms with Crippen LogP contribution in [-0.4, -0.2) is 39.7 Å². The molecule has 4 nitrogen and oxygen atoms in total. The molecule has 0 spiro atoms. The first-order valence-electron chi connectivity index (χ1n) is 8.78. The monoisotopic (exact) mass is 327 g/mol. The van der Waals surface area contributed by atoms with Crippen LogP contribution in [-0.2, 0) is 9.59 Å². The average molecular weight is 327 g/mol. The van der Waals surface area contributed by atoms with E-state index >= 15 is 0 Å². The maximum absolute atomic E-state index is 12.4. The number of carbonyl (C=O) groups is 2. The fourth-order valence-electron chi connectivity index (χ4n) is 4.11. The SMILES string of the molecule is O=C(O)C1CCCC(CCC2CCCCC2)N1C(=O)CCS. The van der Waals surface area contributed by atoms with Crippen LogP contribution < -0.4 is 0 Å². The zero-order chi connectivity index (χ0) is 15.9. The number of piperidine rings is 1. The molecule has 0 aromatic rings. The Labute approximate surface area is 139 Å². The Morgan fingerprint density at radius 2 is 1.73 bits per heavy atom. The van der Waals surface area contributed by atoms with Crippen molar-refractivity contribution in [3.63, 3.8) is 0 Å². The van der Waals surface area contributed by atoms with Gasteiger partial charge in [0, 0.05) is 12.5 Å². The van der Waals surface area contributed by atoms with Gasteiger partial charge in [-0.25, -0.2) is 4.79 Å². The molecule has 0 aromatic carbocycles. The first kappa shape index (κ1) is 17.6. The van der Waals surface area contributed by atoms with Crippen LogP contribution in [0.2, 0.25) is 0 Å². The summed E-state index contributed by atoms with van der Waals surface area (Å²) < 4.78 is 0. The Morgan fingerprint density at radius 1 is 1.00 bits per heavy atom. The van der Waals surface area contributed by atoms with E-state index < -0.39 is 12.0 Å². The van der Waals surface area contributed by atoms with E-state index in [1.165, 1.54) is 32.1 Å². The van der Waals surface area contributed by atoms with Crippen LogP contribution in [0.1, 0.15) is 70.6 Å². The minimum absolute atomic E-state index is 0.0317. The van der Waals surface area contributed by atoms with Crippen molar-refractivity contribution in [1.82, 2.24) is 4.90 Å². The van der Waals surface area contributed by atoms with Crippen molar-refractivity contribution < 1.29 is 14.7 Å². The lowest BCUT2D eigenvalue weighted by Crippen LogP contribution is -2.53. The topological polar surface area (TPSA) is 57.6 Å². The highest BCUT2D eigenvalue weighted by molar-refractivity contribution is 7.80. The molecule has 0 bridgehead atoms. The molecule has 0 radical (unpaired) electrons. The molecule has 126 valence electrons. The Morgan fingerprint density at radius 3 is 2.36 bits per heavy atom. The summed E-state index contributed by atoms with van der Waals surface area (Å²) in [5.74, 6) is 0.378. The van der Waals surface area contributed by atoms with Crippen molar-refractivity contribution in [2.75, 3.05) is 5.75 Å². The van der Waals surface area contributed by atoms with Crippen molar-refractivity contribution in [2.24, 2.45) is 5.92 Å². The first-order chi connectivity index (χ1) is 10.6. The van der Waals surface area contributed by atoms with Crippen molar-refractivity contribution >= 4 is 24.5 Å². The summed E-state index contributed by atoms with van der Waals surface area (Å²) in [6.07, 6.45) is 11.5. The maximum Gasteiger partial charge on any atom is 0.326 e. The molecule has 1 heterocycles. The van der Waals surface area contributed by atoms with Crippen molar-refractivity contribution in [3.05, 3.63) is 0 Å². The zero-order valence-electron chi connectivity index (χ0n) is 13.4. The van der Waals surface area contributed by atoms with Crippen LogP contribution >= 0.6 is 12.6 Å². The lowest BCUT2D eigenvalue weighted by Gasteiger charge is -2.41. The molecule has 2 fully saturated rings. The van der Waals surface area contributed by atoms with Gasteiger partial charge in [0.15, 0.2) is 0 Å². The van der Waals surface area contributed by atoms with E-state index in [0.717, 1.165) is 31.6 Å². The van der Waals surface area contributed by atoms with Crippen LogP contribution in [0.3, 0.4) is 0 Å². The number of amides is 1. The van der Waals surface area contributed by atoms with E-state index in [9.17, 15) is 14.7 Å². The van der Waals surface area contributed by atoms with E-state index in [-0.39, 0.29) is 11.9 Å². The number of hydrogen-bond acceptors (Lipinski definition) is 3. The molecule has 1 aliphatic carbocycles. The van der Waals surface area contributed by atoms with Crippen LogP contribution in [0.15, 0.2) is 0 Å². The lowest BCUT2D eigenvalue weighted by molar-refractivity contribution is -0.155. The third-order valence-corrected chi connectivity index (χ3v) is 5.50. The number of rotatable bonds is 6. The number of carboxylic acids is 1. The van der Waals surface area contributed by atoms with Gasteiger partial charge in [0.1, 0.15) is 6.04 Å². The smallest absolute Gasteiger partial charge is 0.326 e. The molecular weight excluding hydrogens is 298 g/mol. The van der Waals surface area contributed by atoms with Gasteiger partial charge >= 0.3 is 5.97 Å². The Bertz CT molecular complexity index is 382. The number of likely N-dealkylation sites (tertiary alicyclic amines) is 1. The summed E-state index contributed by atoms with van der Waals surface area (Å²) >= 11 is 4.13. The number of hydrogen-bond donors (Lipinski definition) is 2. The molecule has 2 atom stereocenters. The van der Waals surface area contributed by atoms with Crippen LogP contribution in [0.5, 0.6) is 0 Å². The van der Waals surface area contributed by atoms with Crippen LogP contribution in [0.4, 0.5) is 0 Å². The average Bonchev–Trinajstić information content (AvgIpc) is 2.53. The predicted octanol–water partition coefficient (Wildman–Crippen LogP) is 3.50. The molecule has 1 aliphatic heterocycles. The molecule has 1 N–H and O–H groups in total. The molecule has 1 amide bonds. The number of carbonyl (C=O) groups excluding carboxylic acids is 1. The van der Waals surface area contributed by atoms with Crippen molar-refractivity contribution in [2.45, 2.75) is 82.7 Å². The van der Waals surface area contributed by atoms with E-state index in [0.29, 0.717) is 18.6 Å². The molecule has 1 saturated heterocycles. The number of nitrogens with zero attached hydrogens (tertiary/aromatic N) is 1. The minimum Gasteiger partial charge on any atom is -0.480 e. The number of aliphatic carboxylic acids is 1. The van der Waals surface area contributed by atoms with Gasteiger partial charge in [-0.1, -0.05) is 32.1 Å². The van der Waals surface area contributed by atoms with Gasteiger partial charge in [0.25, 0.3) is 0 Å². The van der Waals surface area contributed by atoms with Gasteiger partial charge in [-0.15, -0.1) is 0 Å². The van der Waals surface area contributed by atoms with E-state index in [1.807, 2.05) is 0 Å². The standard InChI is InChI=1S/C17H29NO3S/c19-16(11-12-22)18-14(7-4-8-15(18)17(20)21)10-9-13-5-2-1-3-6-13/h13-15,22H,1-12H2,(H,20,21). The van der Waals surface area contributed by atoms with Crippen LogP contribution in [0.25, 0.3) is 0 Å². The summed E-state index contributed by atoms with van der Waals surface area (Å²) in [7, 11) is 0. The number of thiol groups is 1. The molecule has 2 rings (SSSR count). The second-order valence-electron chi connectivity index (χ2n) is 6.79. The van der Waals surface area contributed by atoms with E-state index in [1.54, 1.807) is 4.90 Å². The second kappa shape index (κ2) is 8.80. The lowest BCUT2D eigenvalue weighted by atomic mass is 9.83. The summed E-state index contributed by atoms with van der Waals surface area (Å²) in [4.78, 5) is 25.6. The maximum atomic E-state index is 12.4. The van der Waals surface area contributed by atoms with E-state index in [2.05, 4.69) is 12.6 Å². The Balaban J connectivity index is 1.98. The summed E-state index contributed by atoms with van der Waals surface area (Å²) in [6.45, 7) is 0. The Hall–Kier alpha value is -0.710. The molecule has 2 unspecified atom stereocenters. The second-order valence-corrected chi connectivity index (χ2v) is 7.24. The largest absolute Gasteiger partial charge is 0.480 e. The molecular formula is C17H29NO3S. The first-order valence-corrected chi connectivity index (χ1v) is 9.41. The van der Waals surface area contributed by atoms with Crippen molar-refractivity contribution in [3.8, 4) is 0 Å². The minimum atomic E-state index is -0.852. The normalized spacial score (nSPS) is 26.9. The zero-order valence-corrected chi connectivity index (χ0v) is 14.3.